The second-order valence-corrected chi connectivity index (χ2v) is 8.56. The summed E-state index contributed by atoms with van der Waals surface area (Å²) in [6, 6.07) is 17.8. The van der Waals surface area contributed by atoms with Gasteiger partial charge in [-0.2, -0.15) is 0 Å². The first-order valence-electron chi connectivity index (χ1n) is 10.5. The molecular weight excluding hydrogens is 424 g/mol. The molecule has 0 unspecified atom stereocenters. The maximum Gasteiger partial charge on any atom is 0.254 e. The first-order chi connectivity index (χ1) is 15.6. The molecule has 0 spiro atoms. The average Bonchev–Trinajstić information content (AvgIpc) is 3.38. The molecule has 164 valence electrons. The Morgan fingerprint density at radius 1 is 0.938 bits per heavy atom. The summed E-state index contributed by atoms with van der Waals surface area (Å²) in [7, 11) is 1.57. The number of anilines is 1. The molecule has 32 heavy (non-hydrogen) atoms. The molecule has 4 rings (SSSR count). The Hall–Kier alpha value is -3.45. The van der Waals surface area contributed by atoms with Crippen LogP contribution in [0.1, 0.15) is 38.4 Å². The van der Waals surface area contributed by atoms with Crippen LogP contribution in [0.15, 0.2) is 66.0 Å². The van der Waals surface area contributed by atoms with Gasteiger partial charge in [0.25, 0.3) is 5.91 Å². The zero-order valence-electron chi connectivity index (χ0n) is 17.7. The molecule has 2 heterocycles. The highest BCUT2D eigenvalue weighted by atomic mass is 32.1. The first kappa shape index (κ1) is 21.8. The van der Waals surface area contributed by atoms with Crippen molar-refractivity contribution < 1.29 is 19.1 Å². The molecule has 0 atom stereocenters. The summed E-state index contributed by atoms with van der Waals surface area (Å²) in [5.41, 5.74) is 1.46. The molecule has 7 heteroatoms. The molecule has 2 aromatic carbocycles. The standard InChI is InChI=1S/C25H24N2O4S/c1-31-21-10-5-4-9-20(21)26-24(29)17-12-14-27(15-13-17)25(30)19-8-3-2-7-18(19)23(28)22-11-6-16-32-22/h2-11,16-17H,12-15H2,1H3,(H,26,29). The van der Waals surface area contributed by atoms with E-state index in [9.17, 15) is 14.4 Å². The van der Waals surface area contributed by atoms with Crippen molar-refractivity contribution >= 4 is 34.6 Å². The lowest BCUT2D eigenvalue weighted by molar-refractivity contribution is -0.121. The fraction of sp³-hybridized carbons (Fsp3) is 0.240. The third-order valence-electron chi connectivity index (χ3n) is 5.66. The zero-order chi connectivity index (χ0) is 22.5. The van der Waals surface area contributed by atoms with Crippen LogP contribution in [0, 0.1) is 5.92 Å². The Bertz CT molecular complexity index is 1120. The van der Waals surface area contributed by atoms with Gasteiger partial charge in [0.15, 0.2) is 0 Å². The molecule has 6 nitrogen and oxygen atoms in total. The van der Waals surface area contributed by atoms with Gasteiger partial charge in [-0.05, 0) is 42.5 Å². The summed E-state index contributed by atoms with van der Waals surface area (Å²) in [5.74, 6) is 0.0337. The largest absolute Gasteiger partial charge is 0.495 e. The molecule has 1 aliphatic rings. The number of rotatable bonds is 6. The molecule has 3 aromatic rings. The van der Waals surface area contributed by atoms with Crippen molar-refractivity contribution in [2.45, 2.75) is 12.8 Å². The third-order valence-corrected chi connectivity index (χ3v) is 6.53. The van der Waals surface area contributed by atoms with Gasteiger partial charge in [0.05, 0.1) is 23.2 Å². The Morgan fingerprint density at radius 3 is 2.31 bits per heavy atom. The van der Waals surface area contributed by atoms with Crippen LogP contribution in [0.5, 0.6) is 5.75 Å². The normalized spacial score (nSPS) is 14.1. The third kappa shape index (κ3) is 4.57. The highest BCUT2D eigenvalue weighted by Crippen LogP contribution is 2.27. The summed E-state index contributed by atoms with van der Waals surface area (Å²) in [6.45, 7) is 0.925. The van der Waals surface area contributed by atoms with Crippen LogP contribution in [-0.4, -0.2) is 42.7 Å². The second-order valence-electron chi connectivity index (χ2n) is 7.61. The average molecular weight is 449 g/mol. The molecule has 0 saturated carbocycles. The van der Waals surface area contributed by atoms with Crippen molar-refractivity contribution in [3.8, 4) is 5.75 Å². The van der Waals surface area contributed by atoms with Gasteiger partial charge >= 0.3 is 0 Å². The van der Waals surface area contributed by atoms with E-state index >= 15 is 0 Å². The van der Waals surface area contributed by atoms with Crippen LogP contribution in [0.2, 0.25) is 0 Å². The van der Waals surface area contributed by atoms with E-state index in [-0.39, 0.29) is 23.5 Å². The highest BCUT2D eigenvalue weighted by Gasteiger charge is 2.30. The minimum Gasteiger partial charge on any atom is -0.495 e. The van der Waals surface area contributed by atoms with Crippen molar-refractivity contribution in [1.82, 2.24) is 4.90 Å². The van der Waals surface area contributed by atoms with Gasteiger partial charge in [-0.15, -0.1) is 11.3 Å². The number of likely N-dealkylation sites (tertiary alicyclic amines) is 1. The summed E-state index contributed by atoms with van der Waals surface area (Å²) < 4.78 is 5.29. The lowest BCUT2D eigenvalue weighted by atomic mass is 9.94. The van der Waals surface area contributed by atoms with E-state index in [1.807, 2.05) is 23.6 Å². The van der Waals surface area contributed by atoms with E-state index in [0.29, 0.717) is 53.4 Å². The number of thiophene rings is 1. The van der Waals surface area contributed by atoms with Crippen LogP contribution in [0.3, 0.4) is 0 Å². The Balaban J connectivity index is 1.41. The SMILES string of the molecule is COc1ccccc1NC(=O)C1CCN(C(=O)c2ccccc2C(=O)c2cccs2)CC1. The number of ether oxygens (including phenoxy) is 1. The Kier molecular flexibility index (Phi) is 6.66. The van der Waals surface area contributed by atoms with Crippen molar-refractivity contribution in [1.29, 1.82) is 0 Å². The van der Waals surface area contributed by atoms with E-state index in [1.54, 1.807) is 54.5 Å². The van der Waals surface area contributed by atoms with Crippen LogP contribution >= 0.6 is 11.3 Å². The topological polar surface area (TPSA) is 75.7 Å². The number of ketones is 1. The van der Waals surface area contributed by atoms with Gasteiger partial charge in [0.1, 0.15) is 5.75 Å². The van der Waals surface area contributed by atoms with Crippen LogP contribution in [-0.2, 0) is 4.79 Å². The predicted molar refractivity (Wildman–Crippen MR) is 124 cm³/mol. The molecule has 0 radical (unpaired) electrons. The molecule has 1 aliphatic heterocycles. The molecule has 1 fully saturated rings. The molecule has 1 saturated heterocycles. The number of hydrogen-bond acceptors (Lipinski definition) is 5. The molecule has 1 N–H and O–H groups in total. The maximum atomic E-state index is 13.2. The minimum atomic E-state index is -0.188. The number of piperidine rings is 1. The van der Waals surface area contributed by atoms with Crippen LogP contribution in [0.4, 0.5) is 5.69 Å². The van der Waals surface area contributed by atoms with E-state index in [0.717, 1.165) is 0 Å². The summed E-state index contributed by atoms with van der Waals surface area (Å²) in [6.07, 6.45) is 1.13. The van der Waals surface area contributed by atoms with Gasteiger partial charge in [-0.25, -0.2) is 0 Å². The number of carbonyl (C=O) groups excluding carboxylic acids is 3. The summed E-state index contributed by atoms with van der Waals surface area (Å²) in [5, 5.41) is 4.78. The monoisotopic (exact) mass is 448 g/mol. The lowest BCUT2D eigenvalue weighted by Gasteiger charge is -2.31. The molecule has 0 bridgehead atoms. The van der Waals surface area contributed by atoms with Gasteiger partial charge in [0, 0.05) is 24.6 Å². The number of nitrogens with zero attached hydrogens (tertiary/aromatic N) is 1. The fourth-order valence-electron chi connectivity index (χ4n) is 3.91. The quantitative estimate of drug-likeness (QED) is 0.564. The van der Waals surface area contributed by atoms with Crippen LogP contribution in [0.25, 0.3) is 0 Å². The number of para-hydroxylation sites is 2. The predicted octanol–water partition coefficient (Wildman–Crippen LogP) is 4.48. The number of nitrogens with one attached hydrogen (secondary N) is 1. The minimum absolute atomic E-state index is 0.0742. The van der Waals surface area contributed by atoms with Crippen molar-refractivity contribution in [3.05, 3.63) is 82.0 Å². The van der Waals surface area contributed by atoms with Gasteiger partial charge in [-0.1, -0.05) is 36.4 Å². The first-order valence-corrected chi connectivity index (χ1v) is 11.4. The van der Waals surface area contributed by atoms with E-state index in [2.05, 4.69) is 5.32 Å². The fourth-order valence-corrected chi connectivity index (χ4v) is 4.58. The van der Waals surface area contributed by atoms with Crippen molar-refractivity contribution in [3.63, 3.8) is 0 Å². The number of methoxy groups -OCH3 is 1. The zero-order valence-corrected chi connectivity index (χ0v) is 18.6. The Morgan fingerprint density at radius 2 is 1.62 bits per heavy atom. The van der Waals surface area contributed by atoms with Crippen molar-refractivity contribution in [2.75, 3.05) is 25.5 Å². The second kappa shape index (κ2) is 9.78. The maximum absolute atomic E-state index is 13.2. The highest BCUT2D eigenvalue weighted by molar-refractivity contribution is 7.12. The summed E-state index contributed by atoms with van der Waals surface area (Å²) in [4.78, 5) is 41.1. The molecule has 0 aliphatic carbocycles. The van der Waals surface area contributed by atoms with Crippen LogP contribution < -0.4 is 10.1 Å². The lowest BCUT2D eigenvalue weighted by Crippen LogP contribution is -2.41. The van der Waals surface area contributed by atoms with Crippen molar-refractivity contribution in [2.24, 2.45) is 5.92 Å². The van der Waals surface area contributed by atoms with E-state index < -0.39 is 0 Å². The van der Waals surface area contributed by atoms with E-state index in [1.165, 1.54) is 11.3 Å². The smallest absolute Gasteiger partial charge is 0.254 e. The molecular formula is C25H24N2O4S. The molecule has 1 aromatic heterocycles. The van der Waals surface area contributed by atoms with Gasteiger partial charge in [0.2, 0.25) is 11.7 Å². The van der Waals surface area contributed by atoms with Gasteiger partial charge in [-0.3, -0.25) is 14.4 Å². The molecule has 2 amide bonds. The number of hydrogen-bond donors (Lipinski definition) is 1. The summed E-state index contributed by atoms with van der Waals surface area (Å²) >= 11 is 1.36. The number of amides is 2. The van der Waals surface area contributed by atoms with E-state index in [4.69, 9.17) is 4.74 Å². The Labute approximate surface area is 190 Å². The number of carbonyl (C=O) groups is 3. The van der Waals surface area contributed by atoms with Gasteiger partial charge < -0.3 is 15.0 Å². The number of benzene rings is 2.